The van der Waals surface area contributed by atoms with E-state index in [0.29, 0.717) is 25.6 Å². The molecule has 156 valence electrons. The molecule has 0 bridgehead atoms. The number of carbonyl (C=O) groups excluding carboxylic acids is 1. The van der Waals surface area contributed by atoms with Gasteiger partial charge in [-0.05, 0) is 47.5 Å². The Morgan fingerprint density at radius 1 is 1.27 bits per heavy atom. The van der Waals surface area contributed by atoms with Crippen LogP contribution in [-0.4, -0.2) is 55.9 Å². The predicted octanol–water partition coefficient (Wildman–Crippen LogP) is 3.20. The second kappa shape index (κ2) is 9.49. The smallest absolute Gasteiger partial charge is 0.410 e. The van der Waals surface area contributed by atoms with Crippen LogP contribution in [0.15, 0.2) is 48.6 Å². The fourth-order valence-corrected chi connectivity index (χ4v) is 4.21. The van der Waals surface area contributed by atoms with Crippen molar-refractivity contribution in [2.45, 2.75) is 25.4 Å². The third-order valence-corrected chi connectivity index (χ3v) is 5.89. The minimum absolute atomic E-state index is 0.245. The zero-order valence-electron chi connectivity index (χ0n) is 16.4. The van der Waals surface area contributed by atoms with Crippen LogP contribution in [0.3, 0.4) is 0 Å². The summed E-state index contributed by atoms with van der Waals surface area (Å²) >= 11 is 1.65. The zero-order chi connectivity index (χ0) is 20.8. The molecule has 1 fully saturated rings. The number of thiazole rings is 1. The van der Waals surface area contributed by atoms with Gasteiger partial charge in [-0.1, -0.05) is 12.7 Å². The van der Waals surface area contributed by atoms with Gasteiger partial charge in [-0.3, -0.25) is 0 Å². The molecule has 0 atom stereocenters. The summed E-state index contributed by atoms with van der Waals surface area (Å²) in [6.07, 6.45) is 4.62. The molecule has 0 spiro atoms. The number of amides is 1. The summed E-state index contributed by atoms with van der Waals surface area (Å²) in [7, 11) is 0. The quantitative estimate of drug-likeness (QED) is 0.535. The number of hydrogen-bond acceptors (Lipinski definition) is 8. The Balaban J connectivity index is 1.26. The van der Waals surface area contributed by atoms with Crippen LogP contribution in [0.4, 0.5) is 4.79 Å². The molecule has 1 aliphatic rings. The fourth-order valence-electron chi connectivity index (χ4n) is 3.24. The van der Waals surface area contributed by atoms with Crippen molar-refractivity contribution < 1.29 is 14.3 Å². The average molecular weight is 427 g/mol. The second-order valence-electron chi connectivity index (χ2n) is 6.84. The van der Waals surface area contributed by atoms with Gasteiger partial charge in [0.15, 0.2) is 0 Å². The molecule has 3 heterocycles. The highest BCUT2D eigenvalue weighted by molar-refractivity contribution is 7.09. The number of likely N-dealkylation sites (tertiary alicyclic amines) is 1. The molecule has 10 heteroatoms. The highest BCUT2D eigenvalue weighted by Gasteiger charge is 2.26. The standard InChI is InChI=1S/C20H22N6O3S/c1-2-11-28-20(27)25-9-7-15(8-10-25)19-22-16(13-30-19)12-29-18-5-3-17(4-6-18)26-14-21-23-24-26/h2-6,13-15H,1,7-12H2. The molecule has 1 saturated heterocycles. The summed E-state index contributed by atoms with van der Waals surface area (Å²) in [5, 5.41) is 14.2. The Kier molecular flexibility index (Phi) is 6.33. The van der Waals surface area contributed by atoms with Crippen LogP contribution >= 0.6 is 11.3 Å². The molecule has 9 nitrogen and oxygen atoms in total. The van der Waals surface area contributed by atoms with Gasteiger partial charge in [0.25, 0.3) is 0 Å². The molecule has 1 amide bonds. The van der Waals surface area contributed by atoms with Gasteiger partial charge in [0.2, 0.25) is 0 Å². The lowest BCUT2D eigenvalue weighted by atomic mass is 9.98. The molecule has 0 saturated carbocycles. The van der Waals surface area contributed by atoms with Gasteiger partial charge in [0.1, 0.15) is 25.3 Å². The summed E-state index contributed by atoms with van der Waals surface area (Å²) in [5.41, 5.74) is 1.77. The molecular weight excluding hydrogens is 404 g/mol. The fraction of sp³-hybridized carbons (Fsp3) is 0.350. The molecule has 30 heavy (non-hydrogen) atoms. The van der Waals surface area contributed by atoms with Crippen molar-refractivity contribution in [3.05, 3.63) is 59.3 Å². The van der Waals surface area contributed by atoms with Crippen molar-refractivity contribution >= 4 is 17.4 Å². The van der Waals surface area contributed by atoms with Crippen LogP contribution < -0.4 is 4.74 Å². The van der Waals surface area contributed by atoms with Crippen molar-refractivity contribution in [2.75, 3.05) is 19.7 Å². The van der Waals surface area contributed by atoms with E-state index >= 15 is 0 Å². The normalized spacial score (nSPS) is 14.5. The van der Waals surface area contributed by atoms with Gasteiger partial charge in [-0.15, -0.1) is 16.4 Å². The van der Waals surface area contributed by atoms with Crippen LogP contribution in [0.5, 0.6) is 5.75 Å². The van der Waals surface area contributed by atoms with Gasteiger partial charge < -0.3 is 14.4 Å². The third-order valence-electron chi connectivity index (χ3n) is 4.83. The molecule has 0 N–H and O–H groups in total. The Morgan fingerprint density at radius 2 is 2.07 bits per heavy atom. The Morgan fingerprint density at radius 3 is 2.77 bits per heavy atom. The number of carbonyl (C=O) groups is 1. The number of nitrogens with zero attached hydrogens (tertiary/aromatic N) is 6. The molecule has 0 unspecified atom stereocenters. The summed E-state index contributed by atoms with van der Waals surface area (Å²) in [6.45, 7) is 5.58. The number of rotatable bonds is 7. The topological polar surface area (TPSA) is 95.3 Å². The minimum Gasteiger partial charge on any atom is -0.487 e. The Labute approximate surface area is 177 Å². The van der Waals surface area contributed by atoms with Crippen LogP contribution in [0.2, 0.25) is 0 Å². The Bertz CT molecular complexity index is 965. The van der Waals surface area contributed by atoms with Crippen molar-refractivity contribution in [2.24, 2.45) is 0 Å². The van der Waals surface area contributed by atoms with Crippen molar-refractivity contribution in [3.8, 4) is 11.4 Å². The van der Waals surface area contributed by atoms with Crippen LogP contribution in [0, 0.1) is 0 Å². The molecule has 4 rings (SSSR count). The van der Waals surface area contributed by atoms with E-state index in [-0.39, 0.29) is 12.7 Å². The summed E-state index contributed by atoms with van der Waals surface area (Å²) in [6, 6.07) is 7.55. The lowest BCUT2D eigenvalue weighted by molar-refractivity contribution is 0.102. The summed E-state index contributed by atoms with van der Waals surface area (Å²) in [5.74, 6) is 1.12. The first-order valence-electron chi connectivity index (χ1n) is 9.66. The summed E-state index contributed by atoms with van der Waals surface area (Å²) in [4.78, 5) is 18.4. The number of benzene rings is 1. The van der Waals surface area contributed by atoms with E-state index in [1.165, 1.54) is 0 Å². The maximum absolute atomic E-state index is 11.9. The number of piperidine rings is 1. The lowest BCUT2D eigenvalue weighted by Gasteiger charge is -2.30. The molecule has 3 aromatic rings. The highest BCUT2D eigenvalue weighted by Crippen LogP contribution is 2.30. The second-order valence-corrected chi connectivity index (χ2v) is 7.73. The molecule has 0 aliphatic carbocycles. The molecule has 0 radical (unpaired) electrons. The first-order chi connectivity index (χ1) is 14.7. The van der Waals surface area contributed by atoms with Gasteiger partial charge >= 0.3 is 6.09 Å². The maximum Gasteiger partial charge on any atom is 0.410 e. The van der Waals surface area contributed by atoms with Gasteiger partial charge in [-0.2, -0.15) is 0 Å². The zero-order valence-corrected chi connectivity index (χ0v) is 17.2. The number of aromatic nitrogens is 5. The molecule has 1 aromatic carbocycles. The van der Waals surface area contributed by atoms with Gasteiger partial charge in [-0.25, -0.2) is 14.5 Å². The van der Waals surface area contributed by atoms with Crippen LogP contribution in [0.25, 0.3) is 5.69 Å². The van der Waals surface area contributed by atoms with Crippen molar-refractivity contribution in [1.29, 1.82) is 0 Å². The lowest BCUT2D eigenvalue weighted by Crippen LogP contribution is -2.38. The molecule has 2 aromatic heterocycles. The van der Waals surface area contributed by atoms with Crippen LogP contribution in [0.1, 0.15) is 29.5 Å². The summed E-state index contributed by atoms with van der Waals surface area (Å²) < 4.78 is 12.5. The van der Waals surface area contributed by atoms with Gasteiger partial charge in [0.05, 0.1) is 16.4 Å². The number of hydrogen-bond donors (Lipinski definition) is 0. The number of tetrazole rings is 1. The number of ether oxygens (including phenoxy) is 2. The van der Waals surface area contributed by atoms with Crippen molar-refractivity contribution in [1.82, 2.24) is 30.1 Å². The third kappa shape index (κ3) is 4.82. The maximum atomic E-state index is 11.9. The molecule has 1 aliphatic heterocycles. The largest absolute Gasteiger partial charge is 0.487 e. The first kappa shape index (κ1) is 20.0. The van der Waals surface area contributed by atoms with Crippen LogP contribution in [-0.2, 0) is 11.3 Å². The predicted molar refractivity (Wildman–Crippen MR) is 111 cm³/mol. The van der Waals surface area contributed by atoms with E-state index in [1.807, 2.05) is 29.6 Å². The van der Waals surface area contributed by atoms with Gasteiger partial charge in [0, 0.05) is 24.4 Å². The first-order valence-corrected chi connectivity index (χ1v) is 10.5. The van der Waals surface area contributed by atoms with E-state index in [1.54, 1.807) is 33.3 Å². The van der Waals surface area contributed by atoms with E-state index in [0.717, 1.165) is 35.0 Å². The highest BCUT2D eigenvalue weighted by atomic mass is 32.1. The van der Waals surface area contributed by atoms with E-state index < -0.39 is 0 Å². The average Bonchev–Trinajstić information content (AvgIpc) is 3.49. The monoisotopic (exact) mass is 426 g/mol. The van der Waals surface area contributed by atoms with E-state index in [9.17, 15) is 4.79 Å². The minimum atomic E-state index is -0.271. The SMILES string of the molecule is C=CCOC(=O)N1CCC(c2nc(COc3ccc(-n4cnnn4)cc3)cs2)CC1. The Hall–Kier alpha value is -3.27. The molecular formula is C20H22N6O3S. The van der Waals surface area contributed by atoms with E-state index in [4.69, 9.17) is 14.5 Å². The van der Waals surface area contributed by atoms with Crippen molar-refractivity contribution in [3.63, 3.8) is 0 Å². The van der Waals surface area contributed by atoms with E-state index in [2.05, 4.69) is 22.1 Å².